The molecular formula is C21H14F2N4O3S. The highest BCUT2D eigenvalue weighted by Gasteiger charge is 2.12. The minimum atomic E-state index is -0.803. The normalized spacial score (nSPS) is 12.0. The maximum atomic E-state index is 14.1. The van der Waals surface area contributed by atoms with E-state index in [-0.39, 0.29) is 11.4 Å². The number of hydrogen-bond donors (Lipinski definition) is 0. The molecule has 0 aliphatic rings. The Bertz CT molecular complexity index is 1350. The molecule has 0 saturated carbocycles. The number of furan rings is 1. The lowest BCUT2D eigenvalue weighted by Gasteiger charge is -2.04. The van der Waals surface area contributed by atoms with E-state index in [1.54, 1.807) is 5.38 Å². The van der Waals surface area contributed by atoms with E-state index in [1.807, 2.05) is 31.2 Å². The van der Waals surface area contributed by atoms with Crippen LogP contribution in [-0.2, 0) is 0 Å². The summed E-state index contributed by atoms with van der Waals surface area (Å²) in [6, 6.07) is 13.4. The first kappa shape index (κ1) is 20.4. The van der Waals surface area contributed by atoms with Crippen molar-refractivity contribution >= 4 is 29.1 Å². The summed E-state index contributed by atoms with van der Waals surface area (Å²) in [6.07, 6.45) is 1.30. The number of hydrogen-bond acceptors (Lipinski definition) is 6. The first-order valence-electron chi connectivity index (χ1n) is 8.96. The third-order valence-corrected chi connectivity index (χ3v) is 5.07. The summed E-state index contributed by atoms with van der Waals surface area (Å²) in [5.41, 5.74) is 2.54. The molecule has 7 nitrogen and oxygen atoms in total. The van der Waals surface area contributed by atoms with Crippen LogP contribution in [0.5, 0.6) is 0 Å². The van der Waals surface area contributed by atoms with Crippen LogP contribution >= 0.6 is 11.3 Å². The quantitative estimate of drug-likeness (QED) is 0.236. The Morgan fingerprint density at radius 3 is 2.58 bits per heavy atom. The van der Waals surface area contributed by atoms with Crippen molar-refractivity contribution in [3.8, 4) is 11.3 Å². The Morgan fingerprint density at radius 2 is 1.90 bits per heavy atom. The summed E-state index contributed by atoms with van der Waals surface area (Å²) in [7, 11) is 0. The van der Waals surface area contributed by atoms with Gasteiger partial charge in [-0.2, -0.15) is 5.10 Å². The number of thiazole rings is 1. The number of rotatable bonds is 5. The van der Waals surface area contributed by atoms with Crippen LogP contribution in [0.15, 0.2) is 74.5 Å². The molecule has 31 heavy (non-hydrogen) atoms. The van der Waals surface area contributed by atoms with Gasteiger partial charge in [0.2, 0.25) is 4.80 Å². The number of nitrogens with zero attached hydrogens (tertiary/aromatic N) is 4. The Balaban J connectivity index is 1.83. The van der Waals surface area contributed by atoms with Crippen molar-refractivity contribution < 1.29 is 18.1 Å². The van der Waals surface area contributed by atoms with Gasteiger partial charge in [-0.25, -0.2) is 18.4 Å². The second kappa shape index (κ2) is 8.44. The van der Waals surface area contributed by atoms with Crippen LogP contribution in [0.4, 0.5) is 20.4 Å². The van der Waals surface area contributed by atoms with Gasteiger partial charge in [-0.3, -0.25) is 10.1 Å². The Labute approximate surface area is 178 Å². The molecule has 0 N–H and O–H groups in total. The Hall–Kier alpha value is -3.92. The minimum Gasteiger partial charge on any atom is -0.400 e. The van der Waals surface area contributed by atoms with Crippen LogP contribution in [-0.4, -0.2) is 15.8 Å². The summed E-state index contributed by atoms with van der Waals surface area (Å²) in [5, 5.41) is 17.0. The van der Waals surface area contributed by atoms with Crippen LogP contribution in [0.25, 0.3) is 11.3 Å². The van der Waals surface area contributed by atoms with Crippen molar-refractivity contribution in [1.82, 2.24) is 4.68 Å². The predicted molar refractivity (Wildman–Crippen MR) is 112 cm³/mol. The smallest absolute Gasteiger partial charge is 0.400 e. The molecule has 4 rings (SSSR count). The lowest BCUT2D eigenvalue weighted by molar-refractivity contribution is -0.402. The SMILES string of the molecule is Cc1ccc(-c2csc(=Nc3ccc(F)cc3F)n2N=Cc2ccc([N+](=O)[O-])o2)cc1. The van der Waals surface area contributed by atoms with Crippen LogP contribution in [0.2, 0.25) is 0 Å². The third kappa shape index (κ3) is 4.48. The van der Waals surface area contributed by atoms with E-state index in [4.69, 9.17) is 4.42 Å². The number of benzene rings is 2. The van der Waals surface area contributed by atoms with Gasteiger partial charge in [0.15, 0.2) is 11.6 Å². The number of halogens is 2. The molecule has 0 atom stereocenters. The molecule has 10 heteroatoms. The largest absolute Gasteiger partial charge is 0.433 e. The Morgan fingerprint density at radius 1 is 1.13 bits per heavy atom. The molecule has 0 aliphatic heterocycles. The molecule has 0 unspecified atom stereocenters. The van der Waals surface area contributed by atoms with Gasteiger partial charge in [-0.05, 0) is 25.1 Å². The first-order chi connectivity index (χ1) is 14.9. The van der Waals surface area contributed by atoms with E-state index in [0.29, 0.717) is 10.5 Å². The van der Waals surface area contributed by atoms with E-state index in [9.17, 15) is 18.9 Å². The molecule has 0 bridgehead atoms. The van der Waals surface area contributed by atoms with Crippen molar-refractivity contribution in [1.29, 1.82) is 0 Å². The molecule has 2 aromatic heterocycles. The van der Waals surface area contributed by atoms with E-state index in [0.717, 1.165) is 23.3 Å². The summed E-state index contributed by atoms with van der Waals surface area (Å²) >= 11 is 1.21. The highest BCUT2D eigenvalue weighted by atomic mass is 32.1. The van der Waals surface area contributed by atoms with E-state index < -0.39 is 22.4 Å². The second-order valence-corrected chi connectivity index (χ2v) is 7.30. The maximum Gasteiger partial charge on any atom is 0.433 e. The molecule has 0 aliphatic carbocycles. The monoisotopic (exact) mass is 440 g/mol. The van der Waals surface area contributed by atoms with Gasteiger partial charge in [0.05, 0.1) is 18.0 Å². The average Bonchev–Trinajstić information content (AvgIpc) is 3.36. The zero-order valence-corrected chi connectivity index (χ0v) is 16.8. The van der Waals surface area contributed by atoms with Crippen molar-refractivity contribution in [2.45, 2.75) is 6.92 Å². The molecule has 0 fully saturated rings. The minimum absolute atomic E-state index is 0.0451. The standard InChI is InChI=1S/C21H14F2N4O3S/c1-13-2-4-14(5-3-13)19-12-31-21(25-18-8-6-15(22)10-17(18)23)26(19)24-11-16-7-9-20(30-16)27(28)29/h2-12H,1H3. The zero-order chi connectivity index (χ0) is 22.0. The fraction of sp³-hybridized carbons (Fsp3) is 0.0476. The highest BCUT2D eigenvalue weighted by Crippen LogP contribution is 2.23. The molecule has 2 aromatic carbocycles. The summed E-state index contributed by atoms with van der Waals surface area (Å²) < 4.78 is 33.9. The molecule has 0 amide bonds. The molecule has 156 valence electrons. The molecule has 4 aromatic rings. The van der Waals surface area contributed by atoms with E-state index >= 15 is 0 Å². The fourth-order valence-electron chi connectivity index (χ4n) is 2.71. The fourth-order valence-corrected chi connectivity index (χ4v) is 3.56. The number of aryl methyl sites for hydroxylation is 1. The number of aromatic nitrogens is 1. The molecule has 2 heterocycles. The van der Waals surface area contributed by atoms with Gasteiger partial charge in [0, 0.05) is 17.0 Å². The van der Waals surface area contributed by atoms with Crippen LogP contribution < -0.4 is 4.80 Å². The van der Waals surface area contributed by atoms with Crippen LogP contribution in [0.1, 0.15) is 11.3 Å². The predicted octanol–water partition coefficient (Wildman–Crippen LogP) is 5.42. The summed E-state index contributed by atoms with van der Waals surface area (Å²) in [4.78, 5) is 14.8. The van der Waals surface area contributed by atoms with Gasteiger partial charge >= 0.3 is 5.88 Å². The Kier molecular flexibility index (Phi) is 5.54. The maximum absolute atomic E-state index is 14.1. The summed E-state index contributed by atoms with van der Waals surface area (Å²) in [5.74, 6) is -1.75. The summed E-state index contributed by atoms with van der Waals surface area (Å²) in [6.45, 7) is 1.96. The van der Waals surface area contributed by atoms with E-state index in [2.05, 4.69) is 10.1 Å². The lowest BCUT2D eigenvalue weighted by Crippen LogP contribution is -2.11. The van der Waals surface area contributed by atoms with Crippen molar-refractivity contribution in [2.24, 2.45) is 10.1 Å². The van der Waals surface area contributed by atoms with Crippen molar-refractivity contribution in [3.63, 3.8) is 0 Å². The third-order valence-electron chi connectivity index (χ3n) is 4.25. The molecule has 0 saturated heterocycles. The highest BCUT2D eigenvalue weighted by molar-refractivity contribution is 7.07. The first-order valence-corrected chi connectivity index (χ1v) is 9.84. The molecule has 0 spiro atoms. The van der Waals surface area contributed by atoms with Crippen LogP contribution in [0.3, 0.4) is 0 Å². The van der Waals surface area contributed by atoms with Gasteiger partial charge in [0.1, 0.15) is 16.4 Å². The molecular weight excluding hydrogens is 426 g/mol. The topological polar surface area (TPSA) is 85.9 Å². The average molecular weight is 440 g/mol. The van der Waals surface area contributed by atoms with Gasteiger partial charge in [0.25, 0.3) is 0 Å². The van der Waals surface area contributed by atoms with Gasteiger partial charge in [-0.1, -0.05) is 29.8 Å². The molecule has 0 radical (unpaired) electrons. The van der Waals surface area contributed by atoms with Crippen molar-refractivity contribution in [3.05, 3.63) is 97.9 Å². The second-order valence-electron chi connectivity index (χ2n) is 6.47. The zero-order valence-electron chi connectivity index (χ0n) is 16.0. The van der Waals surface area contributed by atoms with Gasteiger partial charge in [-0.15, -0.1) is 11.3 Å². The lowest BCUT2D eigenvalue weighted by atomic mass is 10.1. The van der Waals surface area contributed by atoms with Crippen LogP contribution in [0, 0.1) is 28.7 Å². The van der Waals surface area contributed by atoms with Gasteiger partial charge < -0.3 is 4.42 Å². The van der Waals surface area contributed by atoms with Crippen molar-refractivity contribution in [2.75, 3.05) is 0 Å². The number of nitro groups is 1. The van der Waals surface area contributed by atoms with E-state index in [1.165, 1.54) is 40.4 Å².